The number of rotatable bonds is 3. The molecule has 4 rings (SSSR count). The van der Waals surface area contributed by atoms with Crippen LogP contribution in [0.1, 0.15) is 11.3 Å². The summed E-state index contributed by atoms with van der Waals surface area (Å²) in [6.45, 7) is 1.92. The number of aromatic amines is 1. The Kier molecular flexibility index (Phi) is 4.14. The van der Waals surface area contributed by atoms with Crippen LogP contribution in [0.3, 0.4) is 0 Å². The molecule has 5 nitrogen and oxygen atoms in total. The summed E-state index contributed by atoms with van der Waals surface area (Å²) in [5, 5.41) is 4.47. The second-order valence-corrected chi connectivity index (χ2v) is 6.51. The summed E-state index contributed by atoms with van der Waals surface area (Å²) in [5.41, 5.74) is 3.77. The van der Waals surface area contributed by atoms with Crippen molar-refractivity contribution >= 4 is 10.9 Å². The molecule has 144 valence electrons. The molecule has 1 aromatic carbocycles. The zero-order valence-corrected chi connectivity index (χ0v) is 15.4. The molecular weight excluding hydrogens is 369 g/mol. The molecule has 0 radical (unpaired) electrons. The van der Waals surface area contributed by atoms with Crippen molar-refractivity contribution in [3.8, 4) is 28.4 Å². The molecule has 28 heavy (non-hydrogen) atoms. The van der Waals surface area contributed by atoms with Crippen molar-refractivity contribution < 1.29 is 17.9 Å². The fourth-order valence-corrected chi connectivity index (χ4v) is 3.33. The maximum atomic E-state index is 12.9. The Labute approximate surface area is 158 Å². The molecule has 1 N–H and O–H groups in total. The van der Waals surface area contributed by atoms with Crippen molar-refractivity contribution in [2.24, 2.45) is 7.05 Å². The first-order valence-corrected chi connectivity index (χ1v) is 8.52. The average molecular weight is 386 g/mol. The molecular formula is C20H17F3N4O. The van der Waals surface area contributed by atoms with Crippen LogP contribution in [0.25, 0.3) is 33.4 Å². The number of nitrogens with one attached hydrogen (secondary N) is 1. The first kappa shape index (κ1) is 18.1. The van der Waals surface area contributed by atoms with Crippen LogP contribution in [-0.2, 0) is 13.2 Å². The predicted octanol–water partition coefficient (Wildman–Crippen LogP) is 4.97. The molecule has 4 aromatic rings. The number of benzene rings is 1. The molecule has 0 amide bonds. The fraction of sp³-hybridized carbons (Fsp3) is 0.200. The number of H-pyrrole nitrogens is 1. The number of aryl methyl sites for hydroxylation is 1. The molecule has 8 heteroatoms. The number of pyridine rings is 1. The Hall–Kier alpha value is -3.29. The second-order valence-electron chi connectivity index (χ2n) is 6.51. The van der Waals surface area contributed by atoms with Gasteiger partial charge < -0.3 is 9.72 Å². The highest BCUT2D eigenvalue weighted by atomic mass is 19.4. The minimum Gasteiger partial charge on any atom is -0.481 e. The van der Waals surface area contributed by atoms with Crippen molar-refractivity contribution in [1.82, 2.24) is 19.7 Å². The Morgan fingerprint density at radius 1 is 1.11 bits per heavy atom. The highest BCUT2D eigenvalue weighted by molar-refractivity contribution is 5.89. The van der Waals surface area contributed by atoms with E-state index in [1.807, 2.05) is 31.2 Å². The summed E-state index contributed by atoms with van der Waals surface area (Å²) >= 11 is 0. The number of hydrogen-bond donors (Lipinski definition) is 1. The lowest BCUT2D eigenvalue weighted by Gasteiger charge is -2.07. The van der Waals surface area contributed by atoms with Gasteiger partial charge in [0.15, 0.2) is 5.69 Å². The molecule has 0 bridgehead atoms. The summed E-state index contributed by atoms with van der Waals surface area (Å²) in [6, 6.07) is 10.4. The topological polar surface area (TPSA) is 55.7 Å². The summed E-state index contributed by atoms with van der Waals surface area (Å²) in [7, 11) is 3.07. The molecule has 0 unspecified atom stereocenters. The number of fused-ring (bicyclic) bond motifs is 1. The lowest BCUT2D eigenvalue weighted by atomic mass is 10.1. The number of halogens is 3. The fourth-order valence-electron chi connectivity index (χ4n) is 3.33. The first-order chi connectivity index (χ1) is 13.3. The zero-order valence-electron chi connectivity index (χ0n) is 15.4. The van der Waals surface area contributed by atoms with Crippen molar-refractivity contribution in [1.29, 1.82) is 0 Å². The lowest BCUT2D eigenvalue weighted by molar-refractivity contribution is -0.141. The van der Waals surface area contributed by atoms with E-state index in [1.54, 1.807) is 19.4 Å². The van der Waals surface area contributed by atoms with E-state index in [0.717, 1.165) is 33.8 Å². The standard InChI is InChI=1S/C20H17F3N4O/c1-11-14(6-7-24-19(11)28-3)16-9-13-8-12(4-5-15(13)25-16)17-10-18(20(21,22)23)26-27(17)2/h4-10,25H,1-3H3. The van der Waals surface area contributed by atoms with Gasteiger partial charge in [-0.25, -0.2) is 4.98 Å². The maximum Gasteiger partial charge on any atom is 0.435 e. The van der Waals surface area contributed by atoms with E-state index >= 15 is 0 Å². The smallest absolute Gasteiger partial charge is 0.435 e. The van der Waals surface area contributed by atoms with E-state index in [0.29, 0.717) is 17.1 Å². The van der Waals surface area contributed by atoms with E-state index in [1.165, 1.54) is 11.7 Å². The zero-order chi connectivity index (χ0) is 20.1. The third kappa shape index (κ3) is 3.00. The van der Waals surface area contributed by atoms with Gasteiger partial charge in [-0.3, -0.25) is 4.68 Å². The van der Waals surface area contributed by atoms with Gasteiger partial charge in [0.1, 0.15) is 0 Å². The minimum atomic E-state index is -4.47. The normalized spacial score (nSPS) is 11.9. The molecule has 0 spiro atoms. The monoisotopic (exact) mass is 386 g/mol. The molecule has 0 aliphatic heterocycles. The van der Waals surface area contributed by atoms with E-state index in [-0.39, 0.29) is 0 Å². The summed E-state index contributed by atoms with van der Waals surface area (Å²) < 4.78 is 45.4. The van der Waals surface area contributed by atoms with Crippen LogP contribution in [0.2, 0.25) is 0 Å². The number of aromatic nitrogens is 4. The largest absolute Gasteiger partial charge is 0.481 e. The highest BCUT2D eigenvalue weighted by Gasteiger charge is 2.34. The molecule has 3 heterocycles. The van der Waals surface area contributed by atoms with Crippen LogP contribution in [0.5, 0.6) is 5.88 Å². The molecule has 3 aromatic heterocycles. The van der Waals surface area contributed by atoms with Crippen LogP contribution in [0.4, 0.5) is 13.2 Å². The number of nitrogens with zero attached hydrogens (tertiary/aromatic N) is 3. The number of alkyl halides is 3. The van der Waals surface area contributed by atoms with Crippen LogP contribution in [0.15, 0.2) is 42.6 Å². The molecule has 0 saturated heterocycles. The minimum absolute atomic E-state index is 0.402. The Bertz CT molecular complexity index is 1170. The number of hydrogen-bond acceptors (Lipinski definition) is 3. The molecule has 0 fully saturated rings. The molecule has 0 aliphatic rings. The highest BCUT2D eigenvalue weighted by Crippen LogP contribution is 2.34. The van der Waals surface area contributed by atoms with Gasteiger partial charge in [0, 0.05) is 46.5 Å². The van der Waals surface area contributed by atoms with Gasteiger partial charge in [-0.1, -0.05) is 6.07 Å². The van der Waals surface area contributed by atoms with Crippen LogP contribution < -0.4 is 4.74 Å². The Balaban J connectivity index is 1.79. The van der Waals surface area contributed by atoms with E-state index in [9.17, 15) is 13.2 Å². The Morgan fingerprint density at radius 2 is 1.89 bits per heavy atom. The molecule has 0 atom stereocenters. The average Bonchev–Trinajstić information content (AvgIpc) is 3.24. The third-order valence-electron chi connectivity index (χ3n) is 4.73. The van der Waals surface area contributed by atoms with Gasteiger partial charge in [0.05, 0.1) is 12.8 Å². The van der Waals surface area contributed by atoms with Crippen LogP contribution in [-0.4, -0.2) is 26.9 Å². The van der Waals surface area contributed by atoms with Crippen molar-refractivity contribution in [2.45, 2.75) is 13.1 Å². The van der Waals surface area contributed by atoms with Gasteiger partial charge in [0.2, 0.25) is 5.88 Å². The van der Waals surface area contributed by atoms with E-state index < -0.39 is 11.9 Å². The van der Waals surface area contributed by atoms with Crippen LogP contribution >= 0.6 is 0 Å². The van der Waals surface area contributed by atoms with Crippen molar-refractivity contribution in [3.63, 3.8) is 0 Å². The first-order valence-electron chi connectivity index (χ1n) is 8.52. The van der Waals surface area contributed by atoms with Crippen molar-refractivity contribution in [3.05, 3.63) is 53.9 Å². The van der Waals surface area contributed by atoms with Gasteiger partial charge in [-0.15, -0.1) is 0 Å². The molecule has 0 aliphatic carbocycles. The van der Waals surface area contributed by atoms with Gasteiger partial charge >= 0.3 is 6.18 Å². The number of ether oxygens (including phenoxy) is 1. The molecule has 0 saturated carbocycles. The summed E-state index contributed by atoms with van der Waals surface area (Å²) in [4.78, 5) is 7.53. The summed E-state index contributed by atoms with van der Waals surface area (Å²) in [6.07, 6.45) is -2.80. The lowest BCUT2D eigenvalue weighted by Crippen LogP contribution is -2.06. The van der Waals surface area contributed by atoms with Gasteiger partial charge in [-0.05, 0) is 37.3 Å². The van der Waals surface area contributed by atoms with Crippen LogP contribution in [0, 0.1) is 6.92 Å². The maximum absolute atomic E-state index is 12.9. The number of methoxy groups -OCH3 is 1. The van der Waals surface area contributed by atoms with Gasteiger partial charge in [-0.2, -0.15) is 18.3 Å². The van der Waals surface area contributed by atoms with Gasteiger partial charge in [0.25, 0.3) is 0 Å². The van der Waals surface area contributed by atoms with Crippen molar-refractivity contribution in [2.75, 3.05) is 7.11 Å². The Morgan fingerprint density at radius 3 is 2.57 bits per heavy atom. The second kappa shape index (κ2) is 6.40. The predicted molar refractivity (Wildman–Crippen MR) is 100 cm³/mol. The SMILES string of the molecule is COc1nccc(-c2cc3cc(-c4cc(C(F)(F)F)nn4C)ccc3[nH]2)c1C. The quantitative estimate of drug-likeness (QED) is 0.541. The van der Waals surface area contributed by atoms with E-state index in [4.69, 9.17) is 4.74 Å². The van der Waals surface area contributed by atoms with E-state index in [2.05, 4.69) is 15.1 Å². The summed E-state index contributed by atoms with van der Waals surface area (Å²) in [5.74, 6) is 0.548. The third-order valence-corrected chi connectivity index (χ3v) is 4.73.